The lowest BCUT2D eigenvalue weighted by Crippen LogP contribution is -2.35. The van der Waals surface area contributed by atoms with E-state index in [1.54, 1.807) is 0 Å². The lowest BCUT2D eigenvalue weighted by Gasteiger charge is -2.15. The lowest BCUT2D eigenvalue weighted by atomic mass is 10.3. The van der Waals surface area contributed by atoms with Gasteiger partial charge in [0.05, 0.1) is 6.54 Å². The van der Waals surface area contributed by atoms with E-state index in [1.165, 1.54) is 0 Å². The first-order chi connectivity index (χ1) is 6.20. The second-order valence-electron chi connectivity index (χ2n) is 3.19. The number of amides is 1. The molecule has 4 nitrogen and oxygen atoms in total. The van der Waals surface area contributed by atoms with Gasteiger partial charge in [-0.3, -0.25) is 9.69 Å². The van der Waals surface area contributed by atoms with Crippen LogP contribution in [0.2, 0.25) is 0 Å². The molecule has 0 radical (unpaired) electrons. The molecule has 0 heterocycles. The molecule has 0 bridgehead atoms. The van der Waals surface area contributed by atoms with Crippen molar-refractivity contribution in [1.29, 1.82) is 0 Å². The third-order valence-electron chi connectivity index (χ3n) is 1.78. The molecular formula is C9H21N3O. The van der Waals surface area contributed by atoms with Crippen molar-refractivity contribution in [3.8, 4) is 0 Å². The Labute approximate surface area is 80.5 Å². The minimum absolute atomic E-state index is 0.0951. The first kappa shape index (κ1) is 12.4. The summed E-state index contributed by atoms with van der Waals surface area (Å²) >= 11 is 0. The molecule has 0 aromatic carbocycles. The monoisotopic (exact) mass is 187 g/mol. The molecule has 0 aromatic heterocycles. The summed E-state index contributed by atoms with van der Waals surface area (Å²) in [6.07, 6.45) is 2.09. The van der Waals surface area contributed by atoms with Gasteiger partial charge in [-0.1, -0.05) is 0 Å². The molecule has 4 heteroatoms. The average Bonchev–Trinajstić information content (AvgIpc) is 2.05. The Balaban J connectivity index is 3.38. The van der Waals surface area contributed by atoms with Crippen LogP contribution in [0, 0.1) is 0 Å². The van der Waals surface area contributed by atoms with Crippen LogP contribution in [0.4, 0.5) is 0 Å². The zero-order valence-electron chi connectivity index (χ0n) is 8.68. The molecule has 0 fully saturated rings. The fourth-order valence-electron chi connectivity index (χ4n) is 1.10. The zero-order valence-corrected chi connectivity index (χ0v) is 8.68. The third kappa shape index (κ3) is 7.74. The number of likely N-dealkylation sites (N-methyl/N-ethyl adjacent to an activating group) is 2. The minimum Gasteiger partial charge on any atom is -0.355 e. The highest BCUT2D eigenvalue weighted by molar-refractivity contribution is 5.77. The van der Waals surface area contributed by atoms with Gasteiger partial charge >= 0.3 is 0 Å². The number of nitrogens with two attached hydrogens (primary N) is 1. The number of nitrogens with one attached hydrogen (secondary N) is 1. The Bertz CT molecular complexity index is 139. The van der Waals surface area contributed by atoms with E-state index < -0.39 is 0 Å². The average molecular weight is 187 g/mol. The lowest BCUT2D eigenvalue weighted by molar-refractivity contribution is -0.121. The standard InChI is InChI=1S/C9H21N3O/c1-3-11-9(13)8-12(2)7-5-4-6-10/h3-8,10H2,1-2H3,(H,11,13). The van der Waals surface area contributed by atoms with Crippen molar-refractivity contribution >= 4 is 5.91 Å². The van der Waals surface area contributed by atoms with Gasteiger partial charge in [-0.25, -0.2) is 0 Å². The Hall–Kier alpha value is -0.610. The fraction of sp³-hybridized carbons (Fsp3) is 0.889. The predicted octanol–water partition coefficient (Wildman–Crippen LogP) is -0.207. The normalized spacial score (nSPS) is 10.5. The van der Waals surface area contributed by atoms with E-state index in [4.69, 9.17) is 5.73 Å². The van der Waals surface area contributed by atoms with Crippen LogP contribution in [-0.2, 0) is 4.79 Å². The summed E-state index contributed by atoms with van der Waals surface area (Å²) in [6.45, 7) is 4.78. The molecule has 0 saturated heterocycles. The van der Waals surface area contributed by atoms with Crippen molar-refractivity contribution < 1.29 is 4.79 Å². The highest BCUT2D eigenvalue weighted by Crippen LogP contribution is 1.90. The molecule has 0 rings (SSSR count). The Kier molecular flexibility index (Phi) is 7.63. The molecule has 3 N–H and O–H groups in total. The summed E-state index contributed by atoms with van der Waals surface area (Å²) in [6, 6.07) is 0. The van der Waals surface area contributed by atoms with Crippen molar-refractivity contribution in [1.82, 2.24) is 10.2 Å². The second kappa shape index (κ2) is 8.01. The van der Waals surface area contributed by atoms with E-state index in [0.29, 0.717) is 13.1 Å². The quantitative estimate of drug-likeness (QED) is 0.542. The molecule has 0 saturated carbocycles. The van der Waals surface area contributed by atoms with Crippen LogP contribution in [0.1, 0.15) is 19.8 Å². The Morgan fingerprint density at radius 2 is 2.15 bits per heavy atom. The summed E-state index contributed by atoms with van der Waals surface area (Å²) in [7, 11) is 1.95. The molecule has 13 heavy (non-hydrogen) atoms. The van der Waals surface area contributed by atoms with E-state index in [1.807, 2.05) is 18.9 Å². The molecule has 0 aromatic rings. The van der Waals surface area contributed by atoms with E-state index in [2.05, 4.69) is 5.32 Å². The molecule has 0 aliphatic rings. The highest BCUT2D eigenvalue weighted by Gasteiger charge is 2.03. The first-order valence-corrected chi connectivity index (χ1v) is 4.86. The molecule has 0 spiro atoms. The van der Waals surface area contributed by atoms with Gasteiger partial charge in [-0.15, -0.1) is 0 Å². The van der Waals surface area contributed by atoms with E-state index in [0.717, 1.165) is 25.9 Å². The van der Waals surface area contributed by atoms with Crippen LogP contribution in [-0.4, -0.2) is 44.0 Å². The van der Waals surface area contributed by atoms with Crippen LogP contribution in [0.5, 0.6) is 0 Å². The number of hydrogen-bond acceptors (Lipinski definition) is 3. The van der Waals surface area contributed by atoms with Gasteiger partial charge in [-0.05, 0) is 39.9 Å². The summed E-state index contributed by atoms with van der Waals surface area (Å²) in [4.78, 5) is 13.1. The van der Waals surface area contributed by atoms with Crippen LogP contribution in [0.25, 0.3) is 0 Å². The summed E-state index contributed by atoms with van der Waals surface area (Å²) in [5, 5.41) is 2.76. The molecule has 0 unspecified atom stereocenters. The van der Waals surface area contributed by atoms with Crippen LogP contribution in [0.15, 0.2) is 0 Å². The number of carbonyl (C=O) groups excluding carboxylic acids is 1. The largest absolute Gasteiger partial charge is 0.355 e. The van der Waals surface area contributed by atoms with E-state index in [-0.39, 0.29) is 5.91 Å². The van der Waals surface area contributed by atoms with Gasteiger partial charge in [0.1, 0.15) is 0 Å². The van der Waals surface area contributed by atoms with Crippen LogP contribution in [0.3, 0.4) is 0 Å². The van der Waals surface area contributed by atoms with Gasteiger partial charge < -0.3 is 11.1 Å². The smallest absolute Gasteiger partial charge is 0.234 e. The number of nitrogens with zero attached hydrogens (tertiary/aromatic N) is 1. The van der Waals surface area contributed by atoms with E-state index in [9.17, 15) is 4.79 Å². The maximum Gasteiger partial charge on any atom is 0.234 e. The maximum absolute atomic E-state index is 11.1. The van der Waals surface area contributed by atoms with Gasteiger partial charge in [0.25, 0.3) is 0 Å². The third-order valence-corrected chi connectivity index (χ3v) is 1.78. The van der Waals surface area contributed by atoms with Crippen LogP contribution < -0.4 is 11.1 Å². The summed E-state index contributed by atoms with van der Waals surface area (Å²) < 4.78 is 0. The van der Waals surface area contributed by atoms with Crippen molar-refractivity contribution in [2.24, 2.45) is 5.73 Å². The molecule has 0 atom stereocenters. The Morgan fingerprint density at radius 3 is 2.69 bits per heavy atom. The number of rotatable bonds is 7. The van der Waals surface area contributed by atoms with Gasteiger partial charge in [0.2, 0.25) is 5.91 Å². The van der Waals surface area contributed by atoms with Crippen molar-refractivity contribution in [3.05, 3.63) is 0 Å². The molecule has 78 valence electrons. The zero-order chi connectivity index (χ0) is 10.1. The van der Waals surface area contributed by atoms with Crippen molar-refractivity contribution in [3.63, 3.8) is 0 Å². The summed E-state index contributed by atoms with van der Waals surface area (Å²) in [5.41, 5.74) is 5.37. The fourth-order valence-corrected chi connectivity index (χ4v) is 1.10. The number of unbranched alkanes of at least 4 members (excludes halogenated alkanes) is 1. The Morgan fingerprint density at radius 1 is 1.46 bits per heavy atom. The van der Waals surface area contributed by atoms with Gasteiger partial charge in [0, 0.05) is 6.54 Å². The van der Waals surface area contributed by atoms with E-state index >= 15 is 0 Å². The molecular weight excluding hydrogens is 166 g/mol. The first-order valence-electron chi connectivity index (χ1n) is 4.86. The van der Waals surface area contributed by atoms with Gasteiger partial charge in [0.15, 0.2) is 0 Å². The number of carbonyl (C=O) groups is 1. The van der Waals surface area contributed by atoms with Gasteiger partial charge in [-0.2, -0.15) is 0 Å². The molecule has 0 aliphatic carbocycles. The summed E-state index contributed by atoms with van der Waals surface area (Å²) in [5.74, 6) is 0.0951. The molecule has 0 aliphatic heterocycles. The minimum atomic E-state index is 0.0951. The number of hydrogen-bond donors (Lipinski definition) is 2. The predicted molar refractivity (Wildman–Crippen MR) is 54.5 cm³/mol. The topological polar surface area (TPSA) is 58.4 Å². The maximum atomic E-state index is 11.1. The van der Waals surface area contributed by atoms with Crippen molar-refractivity contribution in [2.75, 3.05) is 33.2 Å². The highest BCUT2D eigenvalue weighted by atomic mass is 16.1. The molecule has 1 amide bonds. The second-order valence-corrected chi connectivity index (χ2v) is 3.19. The van der Waals surface area contributed by atoms with Crippen LogP contribution >= 0.6 is 0 Å². The SMILES string of the molecule is CCNC(=O)CN(C)CCCCN. The van der Waals surface area contributed by atoms with Crippen molar-refractivity contribution in [2.45, 2.75) is 19.8 Å².